The Kier molecular flexibility index (Phi) is 4.39. The fourth-order valence-corrected chi connectivity index (χ4v) is 2.19. The van der Waals surface area contributed by atoms with E-state index in [1.807, 2.05) is 6.07 Å². The number of pyridine rings is 1. The molecule has 0 fully saturated rings. The van der Waals surface area contributed by atoms with Crippen LogP contribution < -0.4 is 10.5 Å². The molecule has 4 nitrogen and oxygen atoms in total. The highest BCUT2D eigenvalue weighted by Crippen LogP contribution is 2.23. The van der Waals surface area contributed by atoms with Crippen molar-refractivity contribution in [2.75, 3.05) is 0 Å². The van der Waals surface area contributed by atoms with E-state index in [0.29, 0.717) is 22.9 Å². The van der Waals surface area contributed by atoms with Crippen molar-refractivity contribution in [2.24, 2.45) is 5.73 Å². The Morgan fingerprint density at radius 1 is 1.37 bits per heavy atom. The van der Waals surface area contributed by atoms with Gasteiger partial charge in [0.15, 0.2) is 0 Å². The van der Waals surface area contributed by atoms with E-state index in [-0.39, 0.29) is 5.84 Å². The van der Waals surface area contributed by atoms with E-state index in [0.717, 1.165) is 10.0 Å². The van der Waals surface area contributed by atoms with E-state index in [2.05, 4.69) is 20.9 Å². The van der Waals surface area contributed by atoms with Crippen LogP contribution in [0.25, 0.3) is 0 Å². The van der Waals surface area contributed by atoms with Crippen LogP contribution in [0.5, 0.6) is 5.75 Å². The summed E-state index contributed by atoms with van der Waals surface area (Å²) in [6.45, 7) is 0.391. The molecule has 0 bridgehead atoms. The zero-order valence-electron chi connectivity index (χ0n) is 9.86. The van der Waals surface area contributed by atoms with Crippen molar-refractivity contribution >= 4 is 33.4 Å². The maximum atomic E-state index is 7.35. The van der Waals surface area contributed by atoms with Crippen molar-refractivity contribution in [3.05, 3.63) is 57.3 Å². The van der Waals surface area contributed by atoms with Crippen LogP contribution in [0.2, 0.25) is 5.02 Å². The summed E-state index contributed by atoms with van der Waals surface area (Å²) in [4.78, 5) is 4.05. The molecule has 0 saturated carbocycles. The van der Waals surface area contributed by atoms with Gasteiger partial charge in [-0.25, -0.2) is 0 Å². The van der Waals surface area contributed by atoms with Crippen molar-refractivity contribution in [1.82, 2.24) is 4.98 Å². The zero-order valence-corrected chi connectivity index (χ0v) is 12.2. The molecule has 0 aliphatic heterocycles. The van der Waals surface area contributed by atoms with Crippen LogP contribution in [0.3, 0.4) is 0 Å². The molecule has 0 aliphatic rings. The van der Waals surface area contributed by atoms with Crippen molar-refractivity contribution in [1.29, 1.82) is 5.41 Å². The maximum Gasteiger partial charge on any atom is 0.124 e. The summed E-state index contributed by atoms with van der Waals surface area (Å²) in [5.41, 5.74) is 6.83. The number of hydrogen-bond acceptors (Lipinski definition) is 3. The molecule has 2 rings (SSSR count). The standard InChI is InChI=1S/C13H11BrClN3O/c14-9-3-8(5-18-6-9)7-19-10-1-2-11(13(16)17)12(15)4-10/h1-6H,7H2,(H3,16,17). The van der Waals surface area contributed by atoms with Gasteiger partial charge in [-0.15, -0.1) is 0 Å². The molecule has 1 aromatic carbocycles. The second kappa shape index (κ2) is 6.04. The zero-order chi connectivity index (χ0) is 13.8. The van der Waals surface area contributed by atoms with Gasteiger partial charge in [-0.2, -0.15) is 0 Å². The molecule has 1 aromatic heterocycles. The summed E-state index contributed by atoms with van der Waals surface area (Å²) in [7, 11) is 0. The highest BCUT2D eigenvalue weighted by atomic mass is 79.9. The van der Waals surface area contributed by atoms with Gasteiger partial charge < -0.3 is 10.5 Å². The minimum atomic E-state index is -0.0623. The van der Waals surface area contributed by atoms with Crippen LogP contribution in [-0.2, 0) is 6.61 Å². The number of ether oxygens (including phenoxy) is 1. The fourth-order valence-electron chi connectivity index (χ4n) is 1.51. The third-order valence-electron chi connectivity index (χ3n) is 2.40. The third kappa shape index (κ3) is 3.68. The lowest BCUT2D eigenvalue weighted by Crippen LogP contribution is -2.11. The highest BCUT2D eigenvalue weighted by Gasteiger charge is 2.05. The first-order chi connectivity index (χ1) is 9.06. The van der Waals surface area contributed by atoms with Gasteiger partial charge in [0.25, 0.3) is 0 Å². The number of halogens is 2. The summed E-state index contributed by atoms with van der Waals surface area (Å²) < 4.78 is 6.51. The highest BCUT2D eigenvalue weighted by molar-refractivity contribution is 9.10. The summed E-state index contributed by atoms with van der Waals surface area (Å²) in [5, 5.41) is 7.75. The molecule has 19 heavy (non-hydrogen) atoms. The van der Waals surface area contributed by atoms with Gasteiger partial charge in [-0.1, -0.05) is 11.6 Å². The van der Waals surface area contributed by atoms with Crippen LogP contribution in [-0.4, -0.2) is 10.8 Å². The molecule has 0 amide bonds. The number of hydrogen-bond donors (Lipinski definition) is 2. The van der Waals surface area contributed by atoms with Crippen molar-refractivity contribution < 1.29 is 4.74 Å². The number of nitrogens with two attached hydrogens (primary N) is 1. The minimum absolute atomic E-state index is 0.0623. The number of benzene rings is 1. The van der Waals surface area contributed by atoms with Crippen LogP contribution >= 0.6 is 27.5 Å². The number of rotatable bonds is 4. The molecule has 0 spiro atoms. The lowest BCUT2D eigenvalue weighted by Gasteiger charge is -2.08. The Bertz CT molecular complexity index is 619. The smallest absolute Gasteiger partial charge is 0.124 e. The fraction of sp³-hybridized carbons (Fsp3) is 0.0769. The van der Waals surface area contributed by atoms with Gasteiger partial charge in [-0.05, 0) is 40.2 Å². The SMILES string of the molecule is N=C(N)c1ccc(OCc2cncc(Br)c2)cc1Cl. The van der Waals surface area contributed by atoms with Gasteiger partial charge in [-0.3, -0.25) is 10.4 Å². The van der Waals surface area contributed by atoms with E-state index in [1.165, 1.54) is 0 Å². The molecule has 0 atom stereocenters. The van der Waals surface area contributed by atoms with E-state index in [9.17, 15) is 0 Å². The number of nitrogens with zero attached hydrogens (tertiary/aromatic N) is 1. The van der Waals surface area contributed by atoms with Gasteiger partial charge in [0.2, 0.25) is 0 Å². The van der Waals surface area contributed by atoms with E-state index in [1.54, 1.807) is 30.6 Å². The molecule has 0 saturated heterocycles. The Balaban J connectivity index is 2.08. The molecule has 0 unspecified atom stereocenters. The number of amidine groups is 1. The minimum Gasteiger partial charge on any atom is -0.489 e. The number of aromatic nitrogens is 1. The average molecular weight is 341 g/mol. The van der Waals surface area contributed by atoms with Crippen molar-refractivity contribution in [3.63, 3.8) is 0 Å². The van der Waals surface area contributed by atoms with Crippen LogP contribution in [0, 0.1) is 5.41 Å². The molecule has 0 radical (unpaired) electrons. The predicted molar refractivity (Wildman–Crippen MR) is 78.7 cm³/mol. The molecule has 3 N–H and O–H groups in total. The van der Waals surface area contributed by atoms with Gasteiger partial charge in [0.05, 0.1) is 5.02 Å². The normalized spacial score (nSPS) is 10.2. The lowest BCUT2D eigenvalue weighted by molar-refractivity contribution is 0.305. The first kappa shape index (κ1) is 13.8. The quantitative estimate of drug-likeness (QED) is 0.662. The second-order valence-electron chi connectivity index (χ2n) is 3.86. The summed E-state index contributed by atoms with van der Waals surface area (Å²) in [5.74, 6) is 0.558. The second-order valence-corrected chi connectivity index (χ2v) is 5.18. The molecule has 0 aliphatic carbocycles. The molecular weight excluding hydrogens is 330 g/mol. The Morgan fingerprint density at radius 2 is 2.16 bits per heavy atom. The van der Waals surface area contributed by atoms with Crippen LogP contribution in [0.4, 0.5) is 0 Å². The average Bonchev–Trinajstić information content (AvgIpc) is 2.36. The Hall–Kier alpha value is -1.59. The van der Waals surface area contributed by atoms with E-state index >= 15 is 0 Å². The molecule has 2 aromatic rings. The molecular formula is C13H11BrClN3O. The lowest BCUT2D eigenvalue weighted by atomic mass is 10.2. The summed E-state index contributed by atoms with van der Waals surface area (Å²) in [6, 6.07) is 6.97. The monoisotopic (exact) mass is 339 g/mol. The van der Waals surface area contributed by atoms with Gasteiger partial charge in [0.1, 0.15) is 18.2 Å². The number of nitrogens with one attached hydrogen (secondary N) is 1. The van der Waals surface area contributed by atoms with E-state index in [4.69, 9.17) is 27.5 Å². The molecule has 98 valence electrons. The van der Waals surface area contributed by atoms with Gasteiger partial charge >= 0.3 is 0 Å². The third-order valence-corrected chi connectivity index (χ3v) is 3.14. The summed E-state index contributed by atoms with van der Waals surface area (Å²) in [6.07, 6.45) is 3.44. The maximum absolute atomic E-state index is 7.35. The predicted octanol–water partition coefficient (Wildman–Crippen LogP) is 3.36. The van der Waals surface area contributed by atoms with Crippen molar-refractivity contribution in [2.45, 2.75) is 6.61 Å². The molecule has 1 heterocycles. The largest absolute Gasteiger partial charge is 0.489 e. The van der Waals surface area contributed by atoms with E-state index < -0.39 is 0 Å². The van der Waals surface area contributed by atoms with Crippen LogP contribution in [0.15, 0.2) is 41.1 Å². The van der Waals surface area contributed by atoms with Gasteiger partial charge in [0, 0.05) is 28.0 Å². The summed E-state index contributed by atoms with van der Waals surface area (Å²) >= 11 is 9.36. The van der Waals surface area contributed by atoms with Crippen LogP contribution in [0.1, 0.15) is 11.1 Å². The topological polar surface area (TPSA) is 72.0 Å². The number of nitrogen functional groups attached to an aromatic ring is 1. The van der Waals surface area contributed by atoms with Crippen molar-refractivity contribution in [3.8, 4) is 5.75 Å². The Morgan fingerprint density at radius 3 is 2.79 bits per heavy atom. The Labute approximate surface area is 124 Å². The first-order valence-electron chi connectivity index (χ1n) is 5.42. The molecule has 6 heteroatoms. The first-order valence-corrected chi connectivity index (χ1v) is 6.59.